The molecule has 1 nitrogen and oxygen atoms in total. The summed E-state index contributed by atoms with van der Waals surface area (Å²) in [6.45, 7) is 2.98. The minimum Gasteiger partial charge on any atom is -0.384 e. The summed E-state index contributed by atoms with van der Waals surface area (Å²) in [7, 11) is 0. The van der Waals surface area contributed by atoms with Gasteiger partial charge in [-0.05, 0) is 43.4 Å². The van der Waals surface area contributed by atoms with Gasteiger partial charge in [0.15, 0.2) is 0 Å². The number of nitrogens with one attached hydrogen (secondary N) is 1. The molecule has 0 saturated heterocycles. The standard InChI is InChI=1S/C14H19Cl2N/c1-10-7-13(16)14(8-12(10)15)17-9-11-5-3-2-4-6-11/h7-8,11,17H,2-6,9H2,1H3. The van der Waals surface area contributed by atoms with Gasteiger partial charge in [0.25, 0.3) is 0 Å². The molecule has 3 heteroatoms. The molecule has 1 N–H and O–H groups in total. The van der Waals surface area contributed by atoms with Crippen LogP contribution in [0.4, 0.5) is 5.69 Å². The molecule has 0 unspecified atom stereocenters. The fourth-order valence-electron chi connectivity index (χ4n) is 2.43. The maximum atomic E-state index is 6.20. The van der Waals surface area contributed by atoms with Crippen LogP contribution in [0.25, 0.3) is 0 Å². The number of anilines is 1. The van der Waals surface area contributed by atoms with Gasteiger partial charge in [-0.1, -0.05) is 42.5 Å². The zero-order valence-electron chi connectivity index (χ0n) is 10.2. The van der Waals surface area contributed by atoms with Crippen molar-refractivity contribution in [1.29, 1.82) is 0 Å². The SMILES string of the molecule is Cc1cc(Cl)c(NCC2CCCCC2)cc1Cl. The van der Waals surface area contributed by atoms with Crippen molar-refractivity contribution in [2.24, 2.45) is 5.92 Å². The van der Waals surface area contributed by atoms with E-state index in [1.807, 2.05) is 19.1 Å². The Kier molecular flexibility index (Phi) is 4.58. The van der Waals surface area contributed by atoms with Crippen LogP contribution in [0, 0.1) is 12.8 Å². The smallest absolute Gasteiger partial charge is 0.0641 e. The molecule has 94 valence electrons. The minimum atomic E-state index is 0.766. The molecule has 0 atom stereocenters. The third-order valence-corrected chi connectivity index (χ3v) is 4.27. The van der Waals surface area contributed by atoms with Crippen LogP contribution in [0.5, 0.6) is 0 Å². The third-order valence-electron chi connectivity index (χ3n) is 3.55. The molecule has 17 heavy (non-hydrogen) atoms. The van der Waals surface area contributed by atoms with Crippen molar-refractivity contribution in [2.75, 3.05) is 11.9 Å². The molecule has 1 fully saturated rings. The lowest BCUT2D eigenvalue weighted by Crippen LogP contribution is -2.17. The molecule has 0 aliphatic heterocycles. The van der Waals surface area contributed by atoms with Crippen LogP contribution < -0.4 is 5.32 Å². The van der Waals surface area contributed by atoms with E-state index in [1.165, 1.54) is 32.1 Å². The average molecular weight is 272 g/mol. The van der Waals surface area contributed by atoms with E-state index in [0.29, 0.717) is 0 Å². The average Bonchev–Trinajstić information content (AvgIpc) is 2.33. The number of benzene rings is 1. The van der Waals surface area contributed by atoms with E-state index in [0.717, 1.165) is 33.8 Å². The van der Waals surface area contributed by atoms with E-state index in [1.54, 1.807) is 0 Å². The number of hydrogen-bond acceptors (Lipinski definition) is 1. The first kappa shape index (κ1) is 13.0. The Bertz CT molecular complexity index is 384. The van der Waals surface area contributed by atoms with E-state index >= 15 is 0 Å². The van der Waals surface area contributed by atoms with Crippen molar-refractivity contribution in [3.8, 4) is 0 Å². The molecule has 1 saturated carbocycles. The van der Waals surface area contributed by atoms with Gasteiger partial charge in [-0.3, -0.25) is 0 Å². The lowest BCUT2D eigenvalue weighted by atomic mass is 9.89. The summed E-state index contributed by atoms with van der Waals surface area (Å²) >= 11 is 12.3. The molecule has 0 aromatic heterocycles. The summed E-state index contributed by atoms with van der Waals surface area (Å²) in [4.78, 5) is 0. The second-order valence-electron chi connectivity index (χ2n) is 4.97. The van der Waals surface area contributed by atoms with E-state index in [-0.39, 0.29) is 0 Å². The number of rotatable bonds is 3. The van der Waals surface area contributed by atoms with Gasteiger partial charge < -0.3 is 5.32 Å². The Balaban J connectivity index is 1.96. The second kappa shape index (κ2) is 5.97. The van der Waals surface area contributed by atoms with Gasteiger partial charge in [-0.2, -0.15) is 0 Å². The van der Waals surface area contributed by atoms with Gasteiger partial charge in [0.2, 0.25) is 0 Å². The number of hydrogen-bond donors (Lipinski definition) is 1. The minimum absolute atomic E-state index is 0.766. The molecule has 0 bridgehead atoms. The lowest BCUT2D eigenvalue weighted by Gasteiger charge is -2.22. The van der Waals surface area contributed by atoms with E-state index in [9.17, 15) is 0 Å². The van der Waals surface area contributed by atoms with Crippen LogP contribution in [0.1, 0.15) is 37.7 Å². The molecule has 0 radical (unpaired) electrons. The first-order valence-electron chi connectivity index (χ1n) is 6.36. The molecule has 2 rings (SSSR count). The largest absolute Gasteiger partial charge is 0.384 e. The van der Waals surface area contributed by atoms with E-state index in [2.05, 4.69) is 5.32 Å². The fourth-order valence-corrected chi connectivity index (χ4v) is 2.88. The maximum Gasteiger partial charge on any atom is 0.0641 e. The van der Waals surface area contributed by atoms with Crippen molar-refractivity contribution in [3.05, 3.63) is 27.7 Å². The first-order valence-corrected chi connectivity index (χ1v) is 7.12. The predicted molar refractivity (Wildman–Crippen MR) is 76.3 cm³/mol. The Morgan fingerprint density at radius 1 is 1.12 bits per heavy atom. The van der Waals surface area contributed by atoms with Crippen molar-refractivity contribution >= 4 is 28.9 Å². The topological polar surface area (TPSA) is 12.0 Å². The Hall–Kier alpha value is -0.400. The highest BCUT2D eigenvalue weighted by Crippen LogP contribution is 2.30. The normalized spacial score (nSPS) is 17.1. The van der Waals surface area contributed by atoms with Crippen LogP contribution >= 0.6 is 23.2 Å². The zero-order chi connectivity index (χ0) is 12.3. The third kappa shape index (κ3) is 3.53. The number of halogens is 2. The summed E-state index contributed by atoms with van der Waals surface area (Å²) in [6.07, 6.45) is 6.81. The van der Waals surface area contributed by atoms with Crippen LogP contribution in [0.3, 0.4) is 0 Å². The van der Waals surface area contributed by atoms with Gasteiger partial charge in [0, 0.05) is 11.6 Å². The quantitative estimate of drug-likeness (QED) is 0.787. The van der Waals surface area contributed by atoms with E-state index in [4.69, 9.17) is 23.2 Å². The van der Waals surface area contributed by atoms with Crippen molar-refractivity contribution in [1.82, 2.24) is 0 Å². The highest BCUT2D eigenvalue weighted by Gasteiger charge is 2.13. The van der Waals surface area contributed by atoms with Crippen molar-refractivity contribution in [2.45, 2.75) is 39.0 Å². The molecule has 1 aliphatic rings. The highest BCUT2D eigenvalue weighted by molar-refractivity contribution is 6.35. The lowest BCUT2D eigenvalue weighted by molar-refractivity contribution is 0.373. The molecular weight excluding hydrogens is 253 g/mol. The van der Waals surface area contributed by atoms with Gasteiger partial charge in [-0.15, -0.1) is 0 Å². The monoisotopic (exact) mass is 271 g/mol. The van der Waals surface area contributed by atoms with Gasteiger partial charge in [0.1, 0.15) is 0 Å². The Labute approximate surface area is 114 Å². The van der Waals surface area contributed by atoms with Crippen LogP contribution in [-0.4, -0.2) is 6.54 Å². The van der Waals surface area contributed by atoms with Gasteiger partial charge in [0.05, 0.1) is 10.7 Å². The second-order valence-corrected chi connectivity index (χ2v) is 5.78. The molecule has 0 amide bonds. The first-order chi connectivity index (χ1) is 8.16. The highest BCUT2D eigenvalue weighted by atomic mass is 35.5. The predicted octanol–water partition coefficient (Wildman–Crippen LogP) is 5.29. The summed E-state index contributed by atoms with van der Waals surface area (Å²) in [5.74, 6) is 0.792. The van der Waals surface area contributed by atoms with Gasteiger partial charge >= 0.3 is 0 Å². The van der Waals surface area contributed by atoms with Crippen molar-refractivity contribution in [3.63, 3.8) is 0 Å². The molecule has 0 heterocycles. The fraction of sp³-hybridized carbons (Fsp3) is 0.571. The van der Waals surface area contributed by atoms with E-state index < -0.39 is 0 Å². The summed E-state index contributed by atoms with van der Waals surface area (Å²) in [5, 5.41) is 4.98. The number of aryl methyl sites for hydroxylation is 1. The molecule has 1 aliphatic carbocycles. The van der Waals surface area contributed by atoms with Crippen LogP contribution in [0.15, 0.2) is 12.1 Å². The Morgan fingerprint density at radius 2 is 1.82 bits per heavy atom. The summed E-state index contributed by atoms with van der Waals surface area (Å²) in [6, 6.07) is 3.86. The van der Waals surface area contributed by atoms with Crippen LogP contribution in [0.2, 0.25) is 10.0 Å². The molecule has 1 aromatic rings. The van der Waals surface area contributed by atoms with Crippen LogP contribution in [-0.2, 0) is 0 Å². The summed E-state index contributed by atoms with van der Waals surface area (Å²) < 4.78 is 0. The molecule has 0 spiro atoms. The van der Waals surface area contributed by atoms with Crippen molar-refractivity contribution < 1.29 is 0 Å². The Morgan fingerprint density at radius 3 is 2.53 bits per heavy atom. The molecule has 1 aromatic carbocycles. The summed E-state index contributed by atoms with van der Waals surface area (Å²) in [5.41, 5.74) is 1.99. The molecular formula is C14H19Cl2N. The van der Waals surface area contributed by atoms with Gasteiger partial charge in [-0.25, -0.2) is 0 Å². The zero-order valence-corrected chi connectivity index (χ0v) is 11.7. The maximum absolute atomic E-state index is 6.20.